The molecule has 0 saturated heterocycles. The van der Waals surface area contributed by atoms with Crippen molar-refractivity contribution < 1.29 is 4.79 Å². The van der Waals surface area contributed by atoms with E-state index in [1.165, 1.54) is 0 Å². The van der Waals surface area contributed by atoms with Gasteiger partial charge in [0.15, 0.2) is 0 Å². The summed E-state index contributed by atoms with van der Waals surface area (Å²) < 4.78 is 0. The maximum atomic E-state index is 12.2. The van der Waals surface area contributed by atoms with Crippen LogP contribution in [-0.2, 0) is 4.79 Å². The number of carbonyl (C=O) groups excluding carboxylic acids is 1. The standard InChI is InChI=1S/C15H24N2O/c1-13(2)9-10-15(18)17(12-6-11-16)14-7-4-3-5-8-14/h3-5,7-8,13H,6,9-12,16H2,1-2H3. The van der Waals surface area contributed by atoms with Gasteiger partial charge < -0.3 is 10.6 Å². The van der Waals surface area contributed by atoms with Gasteiger partial charge in [0, 0.05) is 18.7 Å². The van der Waals surface area contributed by atoms with Crippen molar-refractivity contribution in [2.45, 2.75) is 33.1 Å². The van der Waals surface area contributed by atoms with E-state index in [9.17, 15) is 4.79 Å². The highest BCUT2D eigenvalue weighted by molar-refractivity contribution is 5.93. The number of carbonyl (C=O) groups is 1. The molecule has 0 aliphatic carbocycles. The summed E-state index contributed by atoms with van der Waals surface area (Å²) in [6, 6.07) is 9.83. The maximum Gasteiger partial charge on any atom is 0.226 e. The molecule has 0 fully saturated rings. The number of para-hydroxylation sites is 1. The number of hydrogen-bond donors (Lipinski definition) is 1. The van der Waals surface area contributed by atoms with Crippen molar-refractivity contribution in [1.29, 1.82) is 0 Å². The molecule has 0 aliphatic heterocycles. The van der Waals surface area contributed by atoms with Gasteiger partial charge in [-0.25, -0.2) is 0 Å². The largest absolute Gasteiger partial charge is 0.330 e. The molecular weight excluding hydrogens is 224 g/mol. The Labute approximate surface area is 110 Å². The van der Waals surface area contributed by atoms with Crippen LogP contribution in [0.25, 0.3) is 0 Å². The summed E-state index contributed by atoms with van der Waals surface area (Å²) in [6.45, 7) is 5.60. The van der Waals surface area contributed by atoms with Crippen molar-refractivity contribution in [2.75, 3.05) is 18.0 Å². The molecule has 100 valence electrons. The zero-order valence-corrected chi connectivity index (χ0v) is 11.4. The van der Waals surface area contributed by atoms with E-state index in [0.29, 0.717) is 25.4 Å². The minimum absolute atomic E-state index is 0.198. The second-order valence-corrected chi connectivity index (χ2v) is 4.96. The van der Waals surface area contributed by atoms with Crippen LogP contribution in [0.15, 0.2) is 30.3 Å². The molecular formula is C15H24N2O. The zero-order chi connectivity index (χ0) is 13.4. The van der Waals surface area contributed by atoms with Crippen molar-refractivity contribution in [3.05, 3.63) is 30.3 Å². The number of rotatable bonds is 7. The Kier molecular flexibility index (Phi) is 6.44. The number of benzene rings is 1. The minimum atomic E-state index is 0.198. The summed E-state index contributed by atoms with van der Waals surface area (Å²) >= 11 is 0. The van der Waals surface area contributed by atoms with Crippen molar-refractivity contribution >= 4 is 11.6 Å². The monoisotopic (exact) mass is 248 g/mol. The Hall–Kier alpha value is -1.35. The van der Waals surface area contributed by atoms with E-state index in [-0.39, 0.29) is 5.91 Å². The van der Waals surface area contributed by atoms with Crippen LogP contribution in [0, 0.1) is 5.92 Å². The number of nitrogens with two attached hydrogens (primary N) is 1. The van der Waals surface area contributed by atoms with E-state index >= 15 is 0 Å². The van der Waals surface area contributed by atoms with Crippen LogP contribution in [0.1, 0.15) is 33.1 Å². The second kappa shape index (κ2) is 7.88. The predicted octanol–water partition coefficient (Wildman–Crippen LogP) is 2.80. The van der Waals surface area contributed by atoms with Gasteiger partial charge in [-0.3, -0.25) is 4.79 Å². The Morgan fingerprint density at radius 1 is 1.28 bits per heavy atom. The average molecular weight is 248 g/mol. The molecule has 0 saturated carbocycles. The predicted molar refractivity (Wildman–Crippen MR) is 76.5 cm³/mol. The molecule has 0 bridgehead atoms. The van der Waals surface area contributed by atoms with Crippen LogP contribution in [0.3, 0.4) is 0 Å². The van der Waals surface area contributed by atoms with Crippen molar-refractivity contribution in [3.63, 3.8) is 0 Å². The van der Waals surface area contributed by atoms with Crippen LogP contribution in [0.5, 0.6) is 0 Å². The molecule has 0 spiro atoms. The fourth-order valence-corrected chi connectivity index (χ4v) is 1.80. The lowest BCUT2D eigenvalue weighted by Gasteiger charge is -2.23. The van der Waals surface area contributed by atoms with Gasteiger partial charge in [0.25, 0.3) is 0 Å². The molecule has 0 unspecified atom stereocenters. The summed E-state index contributed by atoms with van der Waals surface area (Å²) in [5.74, 6) is 0.754. The molecule has 0 heterocycles. The van der Waals surface area contributed by atoms with Gasteiger partial charge in [-0.05, 0) is 37.4 Å². The van der Waals surface area contributed by atoms with Gasteiger partial charge in [0.2, 0.25) is 5.91 Å². The van der Waals surface area contributed by atoms with Gasteiger partial charge in [0.1, 0.15) is 0 Å². The van der Waals surface area contributed by atoms with E-state index in [4.69, 9.17) is 5.73 Å². The van der Waals surface area contributed by atoms with Gasteiger partial charge >= 0.3 is 0 Å². The first-order chi connectivity index (χ1) is 8.65. The smallest absolute Gasteiger partial charge is 0.226 e. The third-order valence-corrected chi connectivity index (χ3v) is 2.89. The van der Waals surface area contributed by atoms with Crippen molar-refractivity contribution in [2.24, 2.45) is 11.7 Å². The summed E-state index contributed by atoms with van der Waals surface area (Å²) in [5.41, 5.74) is 6.51. The first-order valence-electron chi connectivity index (χ1n) is 6.70. The Morgan fingerprint density at radius 3 is 2.50 bits per heavy atom. The molecule has 0 atom stereocenters. The third-order valence-electron chi connectivity index (χ3n) is 2.89. The zero-order valence-electron chi connectivity index (χ0n) is 11.4. The molecule has 1 rings (SSSR count). The van der Waals surface area contributed by atoms with Gasteiger partial charge in [-0.1, -0.05) is 32.0 Å². The molecule has 3 heteroatoms. The van der Waals surface area contributed by atoms with Gasteiger partial charge in [-0.15, -0.1) is 0 Å². The highest BCUT2D eigenvalue weighted by Crippen LogP contribution is 2.16. The molecule has 1 amide bonds. The lowest BCUT2D eigenvalue weighted by atomic mass is 10.1. The lowest BCUT2D eigenvalue weighted by molar-refractivity contribution is -0.118. The van der Waals surface area contributed by atoms with Crippen molar-refractivity contribution in [3.8, 4) is 0 Å². The Morgan fingerprint density at radius 2 is 1.94 bits per heavy atom. The molecule has 0 aromatic heterocycles. The van der Waals surface area contributed by atoms with Crippen LogP contribution in [0.4, 0.5) is 5.69 Å². The average Bonchev–Trinajstić information content (AvgIpc) is 2.38. The van der Waals surface area contributed by atoms with Crippen LogP contribution in [-0.4, -0.2) is 19.0 Å². The molecule has 1 aromatic carbocycles. The topological polar surface area (TPSA) is 46.3 Å². The SMILES string of the molecule is CC(C)CCC(=O)N(CCCN)c1ccccc1. The summed E-state index contributed by atoms with van der Waals surface area (Å²) in [5, 5.41) is 0. The van der Waals surface area contributed by atoms with E-state index in [1.54, 1.807) is 0 Å². The number of nitrogens with zero attached hydrogens (tertiary/aromatic N) is 1. The number of hydrogen-bond acceptors (Lipinski definition) is 2. The first kappa shape index (κ1) is 14.7. The fraction of sp³-hybridized carbons (Fsp3) is 0.533. The van der Waals surface area contributed by atoms with E-state index in [1.807, 2.05) is 35.2 Å². The van der Waals surface area contributed by atoms with Crippen molar-refractivity contribution in [1.82, 2.24) is 0 Å². The summed E-state index contributed by atoms with van der Waals surface area (Å²) in [7, 11) is 0. The minimum Gasteiger partial charge on any atom is -0.330 e. The number of anilines is 1. The fourth-order valence-electron chi connectivity index (χ4n) is 1.80. The van der Waals surface area contributed by atoms with E-state index in [2.05, 4.69) is 13.8 Å². The van der Waals surface area contributed by atoms with E-state index < -0.39 is 0 Å². The first-order valence-corrected chi connectivity index (χ1v) is 6.70. The summed E-state index contributed by atoms with van der Waals surface area (Å²) in [6.07, 6.45) is 2.38. The molecule has 18 heavy (non-hydrogen) atoms. The van der Waals surface area contributed by atoms with Crippen LogP contribution < -0.4 is 10.6 Å². The second-order valence-electron chi connectivity index (χ2n) is 4.96. The molecule has 0 aliphatic rings. The normalized spacial score (nSPS) is 10.7. The van der Waals surface area contributed by atoms with Crippen LogP contribution in [0.2, 0.25) is 0 Å². The van der Waals surface area contributed by atoms with Gasteiger partial charge in [-0.2, -0.15) is 0 Å². The van der Waals surface area contributed by atoms with Crippen LogP contribution >= 0.6 is 0 Å². The number of amides is 1. The molecule has 2 N–H and O–H groups in total. The van der Waals surface area contributed by atoms with Gasteiger partial charge in [0.05, 0.1) is 0 Å². The highest BCUT2D eigenvalue weighted by atomic mass is 16.2. The highest BCUT2D eigenvalue weighted by Gasteiger charge is 2.14. The lowest BCUT2D eigenvalue weighted by Crippen LogP contribution is -2.32. The molecule has 3 nitrogen and oxygen atoms in total. The van der Waals surface area contributed by atoms with E-state index in [0.717, 1.165) is 18.5 Å². The maximum absolute atomic E-state index is 12.2. The Bertz CT molecular complexity index is 349. The molecule has 0 radical (unpaired) electrons. The third kappa shape index (κ3) is 4.88. The quantitative estimate of drug-likeness (QED) is 0.806. The Balaban J connectivity index is 2.69. The summed E-state index contributed by atoms with van der Waals surface area (Å²) in [4.78, 5) is 14.1. The molecule has 1 aromatic rings.